The molecule has 0 radical (unpaired) electrons. The van der Waals surface area contributed by atoms with Crippen LogP contribution in [0.1, 0.15) is 15.9 Å². The Morgan fingerprint density at radius 1 is 1.44 bits per heavy atom. The Hall–Kier alpha value is -2.08. The predicted octanol–water partition coefficient (Wildman–Crippen LogP) is 0.179. The first-order valence-corrected chi connectivity index (χ1v) is 5.29. The first-order chi connectivity index (χ1) is 8.45. The number of ether oxygens (including phenoxy) is 1. The smallest absolute Gasteiger partial charge is 0.334 e. The molecule has 0 aromatic heterocycles. The molecule has 0 bridgehead atoms. The zero-order valence-electron chi connectivity index (χ0n) is 10.1. The van der Waals surface area contributed by atoms with Crippen LogP contribution in [0.5, 0.6) is 5.75 Å². The number of carbonyl (C=O) groups excluding carboxylic acids is 1. The summed E-state index contributed by atoms with van der Waals surface area (Å²) < 4.78 is 5.08. The van der Waals surface area contributed by atoms with Crippen molar-refractivity contribution in [3.63, 3.8) is 0 Å². The van der Waals surface area contributed by atoms with Gasteiger partial charge in [-0.25, -0.2) is 4.79 Å². The largest absolute Gasteiger partial charge is 0.496 e. The highest BCUT2D eigenvalue weighted by atomic mass is 16.5. The number of aliphatic hydroxyl groups excluding tert-OH is 1. The topological polar surface area (TPSA) is 95.9 Å². The molecule has 0 aliphatic rings. The lowest BCUT2D eigenvalue weighted by Crippen LogP contribution is -2.36. The lowest BCUT2D eigenvalue weighted by atomic mass is 10.1. The zero-order chi connectivity index (χ0) is 13.7. The first kappa shape index (κ1) is 14.0. The Morgan fingerprint density at radius 3 is 2.67 bits per heavy atom. The predicted molar refractivity (Wildman–Crippen MR) is 63.7 cm³/mol. The molecule has 6 heteroatoms. The summed E-state index contributed by atoms with van der Waals surface area (Å²) in [7, 11) is 1.50. The first-order valence-electron chi connectivity index (χ1n) is 5.29. The van der Waals surface area contributed by atoms with Crippen molar-refractivity contribution >= 4 is 11.9 Å². The highest BCUT2D eigenvalue weighted by Crippen LogP contribution is 2.18. The number of methoxy groups -OCH3 is 1. The molecule has 0 unspecified atom stereocenters. The number of nitrogens with one attached hydrogen (secondary N) is 1. The van der Waals surface area contributed by atoms with Crippen molar-refractivity contribution in [2.75, 3.05) is 13.7 Å². The number of carboxylic acids is 1. The zero-order valence-corrected chi connectivity index (χ0v) is 10.1. The molecule has 98 valence electrons. The summed E-state index contributed by atoms with van der Waals surface area (Å²) in [5, 5.41) is 19.8. The van der Waals surface area contributed by atoms with Crippen LogP contribution in [0, 0.1) is 6.92 Å². The van der Waals surface area contributed by atoms with Gasteiger partial charge >= 0.3 is 5.97 Å². The van der Waals surface area contributed by atoms with Gasteiger partial charge in [-0.2, -0.15) is 0 Å². The molecule has 0 fully saturated rings. The summed E-state index contributed by atoms with van der Waals surface area (Å²) in [6.45, 7) is 1.50. The van der Waals surface area contributed by atoms with E-state index < -0.39 is 18.0 Å². The summed E-state index contributed by atoms with van der Waals surface area (Å²) in [6, 6.07) is 4.87. The summed E-state index contributed by atoms with van der Waals surface area (Å²) in [5.41, 5.74) is 1.23. The Kier molecular flexibility index (Phi) is 4.67. The Labute approximate surface area is 104 Å². The Morgan fingerprint density at radius 2 is 2.11 bits per heavy atom. The van der Waals surface area contributed by atoms with E-state index in [1.54, 1.807) is 18.2 Å². The quantitative estimate of drug-likeness (QED) is 0.695. The lowest BCUT2D eigenvalue weighted by Gasteiger charge is -2.10. The number of carbonyl (C=O) groups is 2. The standard InChI is InChI=1S/C12H15NO5/c1-7-3-4-8(5-10(7)18-2)11(15)13-6-9(14)12(16)17/h3-5,9,14H,6H2,1-2H3,(H,13,15)(H,16,17)/t9-/m0/s1. The molecular formula is C12H15NO5. The third-order valence-electron chi connectivity index (χ3n) is 2.41. The van der Waals surface area contributed by atoms with Gasteiger partial charge in [0, 0.05) is 5.56 Å². The fourth-order valence-corrected chi connectivity index (χ4v) is 1.34. The third kappa shape index (κ3) is 3.46. The van der Waals surface area contributed by atoms with E-state index in [0.717, 1.165) is 5.56 Å². The summed E-state index contributed by atoms with van der Waals surface area (Å²) in [6.07, 6.45) is -1.61. The number of benzene rings is 1. The van der Waals surface area contributed by atoms with E-state index in [1.165, 1.54) is 7.11 Å². The molecule has 1 amide bonds. The minimum Gasteiger partial charge on any atom is -0.496 e. The number of rotatable bonds is 5. The summed E-state index contributed by atoms with van der Waals surface area (Å²) in [5.74, 6) is -1.27. The van der Waals surface area contributed by atoms with Crippen LogP contribution in [0.2, 0.25) is 0 Å². The van der Waals surface area contributed by atoms with Crippen LogP contribution in [0.4, 0.5) is 0 Å². The summed E-state index contributed by atoms with van der Waals surface area (Å²) >= 11 is 0. The molecule has 1 atom stereocenters. The molecule has 0 aliphatic carbocycles. The van der Waals surface area contributed by atoms with Gasteiger partial charge in [-0.1, -0.05) is 6.07 Å². The highest BCUT2D eigenvalue weighted by molar-refractivity contribution is 5.95. The second-order valence-corrected chi connectivity index (χ2v) is 3.75. The number of aliphatic hydroxyl groups is 1. The number of amides is 1. The van der Waals surface area contributed by atoms with Gasteiger partial charge in [0.2, 0.25) is 0 Å². The fourth-order valence-electron chi connectivity index (χ4n) is 1.34. The summed E-state index contributed by atoms with van der Waals surface area (Å²) in [4.78, 5) is 22.1. The van der Waals surface area contributed by atoms with E-state index in [4.69, 9.17) is 14.9 Å². The van der Waals surface area contributed by atoms with Gasteiger partial charge in [0.1, 0.15) is 5.75 Å². The number of aliphatic carboxylic acids is 1. The highest BCUT2D eigenvalue weighted by Gasteiger charge is 2.15. The van der Waals surface area contributed by atoms with Crippen molar-refractivity contribution in [1.29, 1.82) is 0 Å². The maximum absolute atomic E-state index is 11.7. The monoisotopic (exact) mass is 253 g/mol. The van der Waals surface area contributed by atoms with Gasteiger partial charge in [-0.15, -0.1) is 0 Å². The van der Waals surface area contributed by atoms with Gasteiger partial charge in [-0.3, -0.25) is 4.79 Å². The molecular weight excluding hydrogens is 238 g/mol. The second kappa shape index (κ2) is 6.02. The normalized spacial score (nSPS) is 11.7. The van der Waals surface area contributed by atoms with Crippen LogP contribution < -0.4 is 10.1 Å². The number of hydrogen-bond acceptors (Lipinski definition) is 4. The van der Waals surface area contributed by atoms with Crippen LogP contribution in [-0.2, 0) is 4.79 Å². The van der Waals surface area contributed by atoms with Crippen LogP contribution in [0.25, 0.3) is 0 Å². The SMILES string of the molecule is COc1cc(C(=O)NC[C@H](O)C(=O)O)ccc1C. The maximum atomic E-state index is 11.7. The Bertz CT molecular complexity index is 458. The van der Waals surface area contributed by atoms with Crippen molar-refractivity contribution in [2.24, 2.45) is 0 Å². The molecule has 1 rings (SSSR count). The number of hydrogen-bond donors (Lipinski definition) is 3. The van der Waals surface area contributed by atoms with Crippen LogP contribution >= 0.6 is 0 Å². The van der Waals surface area contributed by atoms with Crippen molar-refractivity contribution in [3.05, 3.63) is 29.3 Å². The van der Waals surface area contributed by atoms with Crippen molar-refractivity contribution in [1.82, 2.24) is 5.32 Å². The maximum Gasteiger partial charge on any atom is 0.334 e. The van der Waals surface area contributed by atoms with Gasteiger partial charge in [0.15, 0.2) is 6.10 Å². The molecule has 1 aromatic carbocycles. The molecule has 3 N–H and O–H groups in total. The Balaban J connectivity index is 2.70. The average molecular weight is 253 g/mol. The lowest BCUT2D eigenvalue weighted by molar-refractivity contribution is -0.146. The molecule has 0 heterocycles. The van der Waals surface area contributed by atoms with Crippen LogP contribution in [0.15, 0.2) is 18.2 Å². The second-order valence-electron chi connectivity index (χ2n) is 3.75. The van der Waals surface area contributed by atoms with E-state index >= 15 is 0 Å². The van der Waals surface area contributed by atoms with Gasteiger partial charge in [0.05, 0.1) is 13.7 Å². The number of carboxylic acid groups (broad SMARTS) is 1. The van der Waals surface area contributed by atoms with E-state index in [1.807, 2.05) is 6.92 Å². The van der Waals surface area contributed by atoms with Gasteiger partial charge < -0.3 is 20.3 Å². The molecule has 0 saturated carbocycles. The van der Waals surface area contributed by atoms with E-state index in [-0.39, 0.29) is 6.54 Å². The van der Waals surface area contributed by atoms with Gasteiger partial charge in [0.25, 0.3) is 5.91 Å². The average Bonchev–Trinajstić information content (AvgIpc) is 2.35. The molecule has 1 aromatic rings. The minimum atomic E-state index is -1.61. The molecule has 0 aliphatic heterocycles. The van der Waals surface area contributed by atoms with E-state index in [0.29, 0.717) is 11.3 Å². The minimum absolute atomic E-state index is 0.343. The van der Waals surface area contributed by atoms with E-state index in [2.05, 4.69) is 5.32 Å². The van der Waals surface area contributed by atoms with Crippen LogP contribution in [0.3, 0.4) is 0 Å². The third-order valence-corrected chi connectivity index (χ3v) is 2.41. The fraction of sp³-hybridized carbons (Fsp3) is 0.333. The van der Waals surface area contributed by atoms with E-state index in [9.17, 15) is 9.59 Å². The van der Waals surface area contributed by atoms with Crippen LogP contribution in [-0.4, -0.2) is 41.8 Å². The molecule has 6 nitrogen and oxygen atoms in total. The van der Waals surface area contributed by atoms with Gasteiger partial charge in [-0.05, 0) is 24.6 Å². The van der Waals surface area contributed by atoms with Crippen molar-refractivity contribution < 1.29 is 24.5 Å². The molecule has 18 heavy (non-hydrogen) atoms. The van der Waals surface area contributed by atoms with Crippen molar-refractivity contribution in [2.45, 2.75) is 13.0 Å². The van der Waals surface area contributed by atoms with Crippen molar-refractivity contribution in [3.8, 4) is 5.75 Å². The molecule has 0 saturated heterocycles. The number of aryl methyl sites for hydroxylation is 1. The molecule has 0 spiro atoms.